The summed E-state index contributed by atoms with van der Waals surface area (Å²) < 4.78 is 0. The van der Waals surface area contributed by atoms with Crippen LogP contribution in [0.3, 0.4) is 0 Å². The van der Waals surface area contributed by atoms with Crippen LogP contribution in [0, 0.1) is 0 Å². The first-order chi connectivity index (χ1) is 27.6. The fourth-order valence-electron chi connectivity index (χ4n) is 6.42. The van der Waals surface area contributed by atoms with Crippen LogP contribution < -0.4 is 0 Å². The molecule has 57 heavy (non-hydrogen) atoms. The van der Waals surface area contributed by atoms with E-state index in [1.54, 1.807) is 24.3 Å². The molecular formula is C50H40N4O2Zn. The Bertz CT molecular complexity index is 2140. The van der Waals surface area contributed by atoms with E-state index < -0.39 is 23.9 Å². The van der Waals surface area contributed by atoms with Gasteiger partial charge in [0, 0.05) is 35.1 Å². The number of benzene rings is 7. The third kappa shape index (κ3) is 11.0. The van der Waals surface area contributed by atoms with Crippen molar-refractivity contribution < 1.29 is 29.1 Å². The van der Waals surface area contributed by atoms with E-state index in [1.165, 1.54) is 0 Å². The first-order valence-corrected chi connectivity index (χ1v) is 18.7. The van der Waals surface area contributed by atoms with Crippen molar-refractivity contribution in [3.05, 3.63) is 250 Å². The average Bonchev–Trinajstić information content (AvgIpc) is 3.26. The largest absolute Gasteiger partial charge is 2.00 e. The SMILES string of the molecule is O=C([N-]c1ccccc1[N-]C(=O)[C@H](Cc1ccccc1)N=C(c1ccccc1)c1ccccc1)[C@H](Cc1ccccc1)N=C(c1ccccc1)c1ccccc1.[Zn+2]. The minimum absolute atomic E-state index is 0. The molecule has 0 bridgehead atoms. The summed E-state index contributed by atoms with van der Waals surface area (Å²) in [5.74, 6) is -0.884. The van der Waals surface area contributed by atoms with Crippen LogP contribution in [-0.2, 0) is 41.9 Å². The Balaban J connectivity index is 0.00000549. The molecule has 0 aliphatic rings. The number of rotatable bonds is 14. The number of para-hydroxylation sites is 2. The van der Waals surface area contributed by atoms with Crippen LogP contribution in [0.25, 0.3) is 10.6 Å². The summed E-state index contributed by atoms with van der Waals surface area (Å²) in [6.07, 6.45) is 0.667. The fourth-order valence-corrected chi connectivity index (χ4v) is 6.42. The Kier molecular flexibility index (Phi) is 14.3. The molecule has 7 aromatic rings. The molecule has 6 nitrogen and oxygen atoms in total. The van der Waals surface area contributed by atoms with Crippen molar-refractivity contribution in [3.8, 4) is 0 Å². The van der Waals surface area contributed by atoms with Crippen LogP contribution in [0.4, 0.5) is 11.4 Å². The number of hydrogen-bond donors (Lipinski definition) is 0. The molecule has 7 rings (SSSR count). The molecule has 0 N–H and O–H groups in total. The maximum absolute atomic E-state index is 14.4. The summed E-state index contributed by atoms with van der Waals surface area (Å²) in [7, 11) is 0. The first kappa shape index (κ1) is 40.1. The van der Waals surface area contributed by atoms with Crippen molar-refractivity contribution >= 4 is 34.6 Å². The average molecular weight is 794 g/mol. The van der Waals surface area contributed by atoms with Gasteiger partial charge in [-0.1, -0.05) is 206 Å². The zero-order valence-electron chi connectivity index (χ0n) is 31.5. The molecule has 0 radical (unpaired) electrons. The van der Waals surface area contributed by atoms with Crippen LogP contribution in [-0.4, -0.2) is 35.3 Å². The van der Waals surface area contributed by atoms with Gasteiger partial charge in [0.2, 0.25) is 0 Å². The third-order valence-corrected chi connectivity index (χ3v) is 9.22. The van der Waals surface area contributed by atoms with Crippen LogP contribution in [0.1, 0.15) is 33.4 Å². The number of carbonyl (C=O) groups excluding carboxylic acids is 2. The van der Waals surface area contributed by atoms with E-state index in [2.05, 4.69) is 10.6 Å². The van der Waals surface area contributed by atoms with Gasteiger partial charge in [-0.25, -0.2) is 0 Å². The van der Waals surface area contributed by atoms with E-state index in [9.17, 15) is 9.59 Å². The van der Waals surface area contributed by atoms with Crippen LogP contribution in [0.5, 0.6) is 0 Å². The van der Waals surface area contributed by atoms with Crippen molar-refractivity contribution in [1.82, 2.24) is 0 Å². The second kappa shape index (κ2) is 20.4. The summed E-state index contributed by atoms with van der Waals surface area (Å²) in [5.41, 5.74) is 7.42. The Hall–Kier alpha value is -6.56. The summed E-state index contributed by atoms with van der Waals surface area (Å²) in [5, 5.41) is 9.24. The second-order valence-electron chi connectivity index (χ2n) is 13.2. The first-order valence-electron chi connectivity index (χ1n) is 18.7. The fraction of sp³-hybridized carbons (Fsp3) is 0.0800. The van der Waals surface area contributed by atoms with Gasteiger partial charge in [-0.2, -0.15) is 0 Å². The molecule has 0 aliphatic carbocycles. The molecule has 274 valence electrons. The van der Waals surface area contributed by atoms with Gasteiger partial charge in [0.1, 0.15) is 0 Å². The maximum Gasteiger partial charge on any atom is 2.00 e. The number of carbonyl (C=O) groups is 2. The molecule has 7 aromatic carbocycles. The molecule has 0 fully saturated rings. The molecule has 0 heterocycles. The van der Waals surface area contributed by atoms with Crippen molar-refractivity contribution in [3.63, 3.8) is 0 Å². The smallest absolute Gasteiger partial charge is 0.626 e. The summed E-state index contributed by atoms with van der Waals surface area (Å²) in [4.78, 5) is 39.0. The van der Waals surface area contributed by atoms with Crippen molar-refractivity contribution in [2.75, 3.05) is 0 Å². The number of hydrogen-bond acceptors (Lipinski definition) is 4. The molecule has 0 saturated heterocycles. The van der Waals surface area contributed by atoms with Crippen LogP contribution >= 0.6 is 0 Å². The Morgan fingerprint density at radius 2 is 0.614 bits per heavy atom. The zero-order chi connectivity index (χ0) is 38.4. The van der Waals surface area contributed by atoms with E-state index in [1.807, 2.05) is 182 Å². The predicted molar refractivity (Wildman–Crippen MR) is 227 cm³/mol. The summed E-state index contributed by atoms with van der Waals surface area (Å²) in [6.45, 7) is 0. The number of nitrogens with zero attached hydrogens (tertiary/aromatic N) is 4. The summed E-state index contributed by atoms with van der Waals surface area (Å²) >= 11 is 0. The number of aliphatic imine (C=N–C) groups is 2. The van der Waals surface area contributed by atoms with Gasteiger partial charge in [0.25, 0.3) is 0 Å². The molecule has 2 amide bonds. The molecule has 0 unspecified atom stereocenters. The normalized spacial score (nSPS) is 11.5. The standard InChI is InChI=1S/C50H42N4O2.Zn/c55-49(45(35-37-21-7-1-8-22-37)51-47(39-25-11-3-12-26-39)40-27-13-4-14-28-40)53-43-33-19-20-34-44(43)54-50(56)46(36-38-23-9-2-10-24-38)52-48(41-29-15-5-16-30-41)42-31-17-6-18-32-42;/h1-34,45-46H,35-36H2,(H2,53,54,55,56);/q;+2/p-2/t45-,46-;/m0./s1. The minimum Gasteiger partial charge on any atom is -0.626 e. The topological polar surface area (TPSA) is 87.1 Å². The van der Waals surface area contributed by atoms with E-state index >= 15 is 0 Å². The van der Waals surface area contributed by atoms with Gasteiger partial charge >= 0.3 is 19.5 Å². The van der Waals surface area contributed by atoms with Gasteiger partial charge in [0.15, 0.2) is 0 Å². The monoisotopic (exact) mass is 792 g/mol. The van der Waals surface area contributed by atoms with Crippen LogP contribution in [0.2, 0.25) is 0 Å². The van der Waals surface area contributed by atoms with Crippen molar-refractivity contribution in [1.29, 1.82) is 0 Å². The zero-order valence-corrected chi connectivity index (χ0v) is 34.5. The Morgan fingerprint density at radius 1 is 0.368 bits per heavy atom. The molecule has 7 heteroatoms. The van der Waals surface area contributed by atoms with Gasteiger partial charge in [0.05, 0.1) is 35.3 Å². The molecule has 0 aliphatic heterocycles. The summed E-state index contributed by atoms with van der Waals surface area (Å²) in [6, 6.07) is 64.2. The number of amides is 2. The van der Waals surface area contributed by atoms with Gasteiger partial charge < -0.3 is 20.2 Å². The molecule has 0 spiro atoms. The molecular weight excluding hydrogens is 754 g/mol. The van der Waals surface area contributed by atoms with Gasteiger partial charge in [-0.15, -0.1) is 11.4 Å². The molecule has 0 aromatic heterocycles. The van der Waals surface area contributed by atoms with E-state index in [0.29, 0.717) is 24.3 Å². The van der Waals surface area contributed by atoms with Crippen molar-refractivity contribution in [2.24, 2.45) is 9.98 Å². The quantitative estimate of drug-likeness (QED) is 0.0811. The van der Waals surface area contributed by atoms with E-state index in [0.717, 1.165) is 33.4 Å². The third-order valence-electron chi connectivity index (χ3n) is 9.22. The second-order valence-corrected chi connectivity index (χ2v) is 13.2. The van der Waals surface area contributed by atoms with Crippen LogP contribution in [0.15, 0.2) is 216 Å². The van der Waals surface area contributed by atoms with Gasteiger partial charge in [-0.3, -0.25) is 9.98 Å². The maximum atomic E-state index is 14.4. The molecule has 2 atom stereocenters. The minimum atomic E-state index is -0.855. The van der Waals surface area contributed by atoms with E-state index in [-0.39, 0.29) is 30.9 Å². The van der Waals surface area contributed by atoms with E-state index in [4.69, 9.17) is 9.98 Å². The molecule has 0 saturated carbocycles. The van der Waals surface area contributed by atoms with Gasteiger partial charge in [-0.05, 0) is 11.1 Å². The van der Waals surface area contributed by atoms with Crippen molar-refractivity contribution in [2.45, 2.75) is 24.9 Å². The predicted octanol–water partition coefficient (Wildman–Crippen LogP) is 11.0. The Labute approximate surface area is 347 Å². The Morgan fingerprint density at radius 3 is 0.895 bits per heavy atom.